The van der Waals surface area contributed by atoms with Crippen LogP contribution in [0.2, 0.25) is 0 Å². The molecule has 0 fully saturated rings. The van der Waals surface area contributed by atoms with Crippen LogP contribution < -0.4 is 11.5 Å². The Balaban J connectivity index is 2.16. The summed E-state index contributed by atoms with van der Waals surface area (Å²) in [5, 5.41) is 0. The Labute approximate surface area is 141 Å². The molecule has 0 saturated carbocycles. The third-order valence-corrected chi connectivity index (χ3v) is 5.99. The quantitative estimate of drug-likeness (QED) is 0.360. The lowest BCUT2D eigenvalue weighted by Gasteiger charge is -2.07. The van der Waals surface area contributed by atoms with Crippen LogP contribution in [0.15, 0.2) is 46.2 Å². The van der Waals surface area contributed by atoms with E-state index in [2.05, 4.69) is 57.3 Å². The topological polar surface area (TPSA) is 52.0 Å². The number of rotatable bonds is 3. The highest BCUT2D eigenvalue weighted by Crippen LogP contribution is 2.42. The van der Waals surface area contributed by atoms with Crippen LogP contribution in [0, 0.1) is 7.14 Å². The van der Waals surface area contributed by atoms with Crippen molar-refractivity contribution in [3.63, 3.8) is 0 Å². The van der Waals surface area contributed by atoms with E-state index < -0.39 is 0 Å². The van der Waals surface area contributed by atoms with Gasteiger partial charge in [-0.25, -0.2) is 0 Å². The summed E-state index contributed by atoms with van der Waals surface area (Å²) in [6.07, 6.45) is 0. The molecular formula is C12H10I2N2S2. The SMILES string of the molecule is Nc1ccc(I)cc1SSc1cc(I)ccc1N. The maximum Gasteiger partial charge on any atom is 0.0461 e. The molecule has 18 heavy (non-hydrogen) atoms. The first-order valence-corrected chi connectivity index (χ1v) is 9.31. The van der Waals surface area contributed by atoms with Gasteiger partial charge in [0, 0.05) is 28.3 Å². The molecule has 2 aromatic rings. The standard InChI is InChI=1S/C12H10I2N2S2/c13-7-1-3-9(15)11(5-7)17-18-12-6-8(14)2-4-10(12)16/h1-6H,15-16H2. The van der Waals surface area contributed by atoms with Crippen molar-refractivity contribution in [2.24, 2.45) is 0 Å². The van der Waals surface area contributed by atoms with E-state index in [1.165, 1.54) is 7.14 Å². The van der Waals surface area contributed by atoms with Gasteiger partial charge in [-0.15, -0.1) is 0 Å². The fraction of sp³-hybridized carbons (Fsp3) is 0. The highest BCUT2D eigenvalue weighted by Gasteiger charge is 2.05. The third kappa shape index (κ3) is 3.84. The second-order valence-corrected chi connectivity index (χ2v) is 8.24. The molecule has 0 aliphatic carbocycles. The zero-order chi connectivity index (χ0) is 13.1. The van der Waals surface area contributed by atoms with Crippen molar-refractivity contribution < 1.29 is 0 Å². The van der Waals surface area contributed by atoms with Gasteiger partial charge in [0.15, 0.2) is 0 Å². The molecule has 0 unspecified atom stereocenters. The van der Waals surface area contributed by atoms with E-state index in [-0.39, 0.29) is 0 Å². The second kappa shape index (κ2) is 6.58. The van der Waals surface area contributed by atoms with E-state index in [9.17, 15) is 0 Å². The molecular weight excluding hydrogens is 490 g/mol. The van der Waals surface area contributed by atoms with Gasteiger partial charge in [-0.05, 0) is 81.6 Å². The maximum absolute atomic E-state index is 5.95. The van der Waals surface area contributed by atoms with E-state index >= 15 is 0 Å². The Hall–Kier alpha value is 0.200. The van der Waals surface area contributed by atoms with Crippen LogP contribution in [0.4, 0.5) is 11.4 Å². The number of halogens is 2. The number of nitrogen functional groups attached to an aromatic ring is 2. The average molecular weight is 500 g/mol. The van der Waals surface area contributed by atoms with Crippen molar-refractivity contribution in [1.82, 2.24) is 0 Å². The Morgan fingerprint density at radius 2 is 1.11 bits per heavy atom. The van der Waals surface area contributed by atoms with Gasteiger partial charge >= 0.3 is 0 Å². The smallest absolute Gasteiger partial charge is 0.0461 e. The van der Waals surface area contributed by atoms with Crippen LogP contribution in [0.3, 0.4) is 0 Å². The molecule has 2 aromatic carbocycles. The summed E-state index contributed by atoms with van der Waals surface area (Å²) in [5.41, 5.74) is 13.5. The average Bonchev–Trinajstić information content (AvgIpc) is 2.34. The fourth-order valence-corrected chi connectivity index (χ4v) is 4.92. The summed E-state index contributed by atoms with van der Waals surface area (Å²) < 4.78 is 2.36. The molecule has 0 saturated heterocycles. The molecule has 0 atom stereocenters. The summed E-state index contributed by atoms with van der Waals surface area (Å²) in [5.74, 6) is 0. The lowest BCUT2D eigenvalue weighted by Crippen LogP contribution is -1.89. The Bertz CT molecular complexity index is 524. The first-order chi connectivity index (χ1) is 8.56. The Kier molecular flexibility index (Phi) is 5.34. The summed E-state index contributed by atoms with van der Waals surface area (Å²) in [7, 11) is 3.28. The monoisotopic (exact) mass is 500 g/mol. The van der Waals surface area contributed by atoms with Gasteiger partial charge < -0.3 is 11.5 Å². The van der Waals surface area contributed by atoms with Crippen LogP contribution in [0.1, 0.15) is 0 Å². The molecule has 2 rings (SSSR count). The van der Waals surface area contributed by atoms with Gasteiger partial charge in [0.2, 0.25) is 0 Å². The summed E-state index contributed by atoms with van der Waals surface area (Å²) in [6.45, 7) is 0. The molecule has 94 valence electrons. The lowest BCUT2D eigenvalue weighted by molar-refractivity contribution is 1.43. The minimum absolute atomic E-state index is 0.803. The van der Waals surface area contributed by atoms with Crippen LogP contribution >= 0.6 is 66.8 Å². The molecule has 0 radical (unpaired) electrons. The van der Waals surface area contributed by atoms with Gasteiger partial charge in [0.25, 0.3) is 0 Å². The van der Waals surface area contributed by atoms with E-state index in [4.69, 9.17) is 11.5 Å². The summed E-state index contributed by atoms with van der Waals surface area (Å²) >= 11 is 4.57. The zero-order valence-corrected chi connectivity index (χ0v) is 15.1. The Morgan fingerprint density at radius 1 is 0.722 bits per heavy atom. The molecule has 0 aliphatic rings. The van der Waals surface area contributed by atoms with Crippen molar-refractivity contribution in [1.29, 1.82) is 0 Å². The fourth-order valence-electron chi connectivity index (χ4n) is 1.25. The van der Waals surface area contributed by atoms with Crippen molar-refractivity contribution in [2.45, 2.75) is 9.79 Å². The minimum Gasteiger partial charge on any atom is -0.398 e. The molecule has 0 aromatic heterocycles. The van der Waals surface area contributed by atoms with Crippen molar-refractivity contribution in [2.75, 3.05) is 11.5 Å². The molecule has 2 nitrogen and oxygen atoms in total. The first kappa shape index (κ1) is 14.6. The van der Waals surface area contributed by atoms with Crippen LogP contribution in [-0.2, 0) is 0 Å². The molecule has 6 heteroatoms. The maximum atomic E-state index is 5.95. The minimum atomic E-state index is 0.803. The molecule has 0 spiro atoms. The molecule has 0 bridgehead atoms. The predicted molar refractivity (Wildman–Crippen MR) is 98.9 cm³/mol. The molecule has 0 amide bonds. The predicted octanol–water partition coefficient (Wildman–Crippen LogP) is 4.86. The zero-order valence-electron chi connectivity index (χ0n) is 9.19. The highest BCUT2D eigenvalue weighted by atomic mass is 127. The van der Waals surface area contributed by atoms with Crippen LogP contribution in [0.25, 0.3) is 0 Å². The van der Waals surface area contributed by atoms with E-state index in [1.807, 2.05) is 24.3 Å². The van der Waals surface area contributed by atoms with E-state index in [0.717, 1.165) is 21.2 Å². The number of hydrogen-bond acceptors (Lipinski definition) is 4. The summed E-state index contributed by atoms with van der Waals surface area (Å²) in [4.78, 5) is 2.15. The lowest BCUT2D eigenvalue weighted by atomic mass is 10.3. The molecule has 0 heterocycles. The second-order valence-electron chi connectivity index (χ2n) is 3.53. The molecule has 0 aliphatic heterocycles. The van der Waals surface area contributed by atoms with Gasteiger partial charge in [0.05, 0.1) is 0 Å². The summed E-state index contributed by atoms with van der Waals surface area (Å²) in [6, 6.07) is 12.0. The van der Waals surface area contributed by atoms with Crippen molar-refractivity contribution in [3.8, 4) is 0 Å². The number of benzene rings is 2. The number of hydrogen-bond donors (Lipinski definition) is 2. The van der Waals surface area contributed by atoms with Crippen molar-refractivity contribution in [3.05, 3.63) is 43.5 Å². The van der Waals surface area contributed by atoms with Crippen LogP contribution in [0.5, 0.6) is 0 Å². The van der Waals surface area contributed by atoms with Gasteiger partial charge in [-0.1, -0.05) is 21.6 Å². The van der Waals surface area contributed by atoms with Crippen molar-refractivity contribution >= 4 is 78.1 Å². The van der Waals surface area contributed by atoms with Gasteiger partial charge in [-0.2, -0.15) is 0 Å². The largest absolute Gasteiger partial charge is 0.398 e. The van der Waals surface area contributed by atoms with E-state index in [0.29, 0.717) is 0 Å². The Morgan fingerprint density at radius 3 is 1.50 bits per heavy atom. The third-order valence-electron chi connectivity index (χ3n) is 2.17. The van der Waals surface area contributed by atoms with Gasteiger partial charge in [-0.3, -0.25) is 0 Å². The number of anilines is 2. The normalized spacial score (nSPS) is 10.6. The van der Waals surface area contributed by atoms with Gasteiger partial charge in [0.1, 0.15) is 0 Å². The highest BCUT2D eigenvalue weighted by molar-refractivity contribution is 14.1. The van der Waals surface area contributed by atoms with Crippen LogP contribution in [-0.4, -0.2) is 0 Å². The number of nitrogens with two attached hydrogens (primary N) is 2. The van der Waals surface area contributed by atoms with E-state index in [1.54, 1.807) is 21.6 Å². The first-order valence-electron chi connectivity index (χ1n) is 5.01. The molecule has 4 N–H and O–H groups in total.